The lowest BCUT2D eigenvalue weighted by Gasteiger charge is -2.33. The van der Waals surface area contributed by atoms with Crippen LogP contribution in [0.2, 0.25) is 10.0 Å². The fraction of sp³-hybridized carbons (Fsp3) is 0.333. The lowest BCUT2D eigenvalue weighted by atomic mass is 9.94. The van der Waals surface area contributed by atoms with Crippen LogP contribution in [-0.4, -0.2) is 35.4 Å². The molecule has 1 aliphatic carbocycles. The van der Waals surface area contributed by atoms with Crippen molar-refractivity contribution in [1.29, 1.82) is 0 Å². The topological polar surface area (TPSA) is 58.6 Å². The minimum atomic E-state index is -0.721. The Balaban J connectivity index is 1.62. The molecule has 200 valence electrons. The number of ether oxygens (including phenoxy) is 1. The summed E-state index contributed by atoms with van der Waals surface area (Å²) in [6.45, 7) is 0.00523. The Labute approximate surface area is 248 Å². The minimum absolute atomic E-state index is 0.125. The number of carbonyl (C=O) groups is 2. The van der Waals surface area contributed by atoms with Gasteiger partial charge in [0, 0.05) is 22.6 Å². The third kappa shape index (κ3) is 8.35. The smallest absolute Gasteiger partial charge is 0.261 e. The molecule has 1 fully saturated rings. The van der Waals surface area contributed by atoms with Crippen molar-refractivity contribution >= 4 is 57.6 Å². The van der Waals surface area contributed by atoms with Crippen molar-refractivity contribution in [2.75, 3.05) is 6.61 Å². The first-order valence-electron chi connectivity index (χ1n) is 12.8. The first-order chi connectivity index (χ1) is 18.4. The van der Waals surface area contributed by atoms with Crippen LogP contribution in [0, 0.1) is 3.57 Å². The maximum atomic E-state index is 13.8. The summed E-state index contributed by atoms with van der Waals surface area (Å²) in [5.74, 6) is 0.164. The zero-order valence-electron chi connectivity index (χ0n) is 21.0. The molecular weight excluding hydrogens is 634 g/mol. The van der Waals surface area contributed by atoms with E-state index in [0.29, 0.717) is 22.2 Å². The molecule has 0 aliphatic heterocycles. The normalized spacial score (nSPS) is 14.5. The molecule has 4 rings (SSSR count). The van der Waals surface area contributed by atoms with E-state index in [9.17, 15) is 9.59 Å². The molecule has 3 aromatic carbocycles. The highest BCUT2D eigenvalue weighted by molar-refractivity contribution is 14.1. The van der Waals surface area contributed by atoms with Crippen molar-refractivity contribution in [3.63, 3.8) is 0 Å². The van der Waals surface area contributed by atoms with Gasteiger partial charge in [-0.1, -0.05) is 78.9 Å². The Hall–Kier alpha value is -2.29. The summed E-state index contributed by atoms with van der Waals surface area (Å²) >= 11 is 14.7. The third-order valence-electron chi connectivity index (χ3n) is 6.74. The summed E-state index contributed by atoms with van der Waals surface area (Å²) in [5, 5.41) is 4.08. The predicted molar refractivity (Wildman–Crippen MR) is 161 cm³/mol. The number of carbonyl (C=O) groups excluding carboxylic acids is 2. The number of benzene rings is 3. The van der Waals surface area contributed by atoms with Gasteiger partial charge in [-0.15, -0.1) is 0 Å². The lowest BCUT2D eigenvalue weighted by molar-refractivity contribution is -0.143. The van der Waals surface area contributed by atoms with E-state index in [1.165, 1.54) is 6.42 Å². The van der Waals surface area contributed by atoms with Crippen molar-refractivity contribution < 1.29 is 14.3 Å². The molecule has 3 aromatic rings. The lowest BCUT2D eigenvalue weighted by Crippen LogP contribution is -2.53. The molecule has 1 N–H and O–H groups in total. The second kappa shape index (κ2) is 14.2. The molecule has 1 saturated carbocycles. The molecule has 0 aromatic heterocycles. The van der Waals surface area contributed by atoms with Gasteiger partial charge in [0.25, 0.3) is 5.91 Å². The second-order valence-electron chi connectivity index (χ2n) is 9.56. The van der Waals surface area contributed by atoms with Gasteiger partial charge in [-0.25, -0.2) is 0 Å². The molecule has 0 unspecified atom stereocenters. The highest BCUT2D eigenvalue weighted by Gasteiger charge is 2.32. The number of rotatable bonds is 10. The number of nitrogens with zero attached hydrogens (tertiary/aromatic N) is 1. The largest absolute Gasteiger partial charge is 0.484 e. The fourth-order valence-corrected chi connectivity index (χ4v) is 5.37. The summed E-state index contributed by atoms with van der Waals surface area (Å²) in [6, 6.07) is 21.9. The second-order valence-corrected chi connectivity index (χ2v) is 11.6. The van der Waals surface area contributed by atoms with E-state index in [1.807, 2.05) is 60.7 Å². The van der Waals surface area contributed by atoms with E-state index in [2.05, 4.69) is 27.9 Å². The first-order valence-corrected chi connectivity index (χ1v) is 14.7. The van der Waals surface area contributed by atoms with E-state index >= 15 is 0 Å². The first kappa shape index (κ1) is 28.7. The van der Waals surface area contributed by atoms with Crippen molar-refractivity contribution in [2.24, 2.45) is 0 Å². The highest BCUT2D eigenvalue weighted by atomic mass is 127. The zero-order valence-corrected chi connectivity index (χ0v) is 24.7. The molecule has 0 spiro atoms. The Morgan fingerprint density at radius 3 is 2.32 bits per heavy atom. The van der Waals surface area contributed by atoms with Crippen LogP contribution in [0.4, 0.5) is 0 Å². The van der Waals surface area contributed by atoms with Crippen LogP contribution < -0.4 is 10.1 Å². The Kier molecular flexibility index (Phi) is 10.7. The number of halogens is 3. The molecule has 0 radical (unpaired) electrons. The number of hydrogen-bond acceptors (Lipinski definition) is 3. The summed E-state index contributed by atoms with van der Waals surface area (Å²) in [6.07, 6.45) is 5.70. The SMILES string of the molecule is O=C(NC1CCCCC1)[C@@H](Cc1ccccc1)N(Cc1ccc(Cl)c(Cl)c1)C(=O)COc1ccc(I)cc1. The highest BCUT2D eigenvalue weighted by Crippen LogP contribution is 2.25. The van der Waals surface area contributed by atoms with Crippen LogP contribution in [0.5, 0.6) is 5.75 Å². The van der Waals surface area contributed by atoms with Gasteiger partial charge in [0.05, 0.1) is 10.0 Å². The molecule has 1 aliphatic rings. The van der Waals surface area contributed by atoms with Crippen LogP contribution in [0.25, 0.3) is 0 Å². The van der Waals surface area contributed by atoms with Crippen LogP contribution in [0.15, 0.2) is 72.8 Å². The molecule has 8 heteroatoms. The summed E-state index contributed by atoms with van der Waals surface area (Å²) in [7, 11) is 0. The Morgan fingerprint density at radius 2 is 1.63 bits per heavy atom. The van der Waals surface area contributed by atoms with E-state index in [0.717, 1.165) is 40.4 Å². The van der Waals surface area contributed by atoms with Gasteiger partial charge in [-0.2, -0.15) is 0 Å². The maximum Gasteiger partial charge on any atom is 0.261 e. The summed E-state index contributed by atoms with van der Waals surface area (Å²) in [4.78, 5) is 29.1. The third-order valence-corrected chi connectivity index (χ3v) is 8.19. The van der Waals surface area contributed by atoms with Crippen LogP contribution in [0.3, 0.4) is 0 Å². The molecule has 0 heterocycles. The number of nitrogens with one attached hydrogen (secondary N) is 1. The molecule has 0 saturated heterocycles. The molecule has 5 nitrogen and oxygen atoms in total. The number of hydrogen-bond donors (Lipinski definition) is 1. The maximum absolute atomic E-state index is 13.8. The minimum Gasteiger partial charge on any atom is -0.484 e. The standard InChI is InChI=1S/C30H31Cl2IN2O3/c31-26-16-11-22(17-27(26)32)19-35(29(36)20-38-25-14-12-23(33)13-15-25)28(18-21-7-3-1-4-8-21)30(37)34-24-9-5-2-6-10-24/h1,3-4,7-8,11-17,24,28H,2,5-6,9-10,18-20H2,(H,34,37)/t28-/m1/s1. The molecule has 0 bridgehead atoms. The van der Waals surface area contributed by atoms with Gasteiger partial charge in [0.2, 0.25) is 5.91 Å². The zero-order chi connectivity index (χ0) is 26.9. The van der Waals surface area contributed by atoms with Crippen LogP contribution >= 0.6 is 45.8 Å². The Bertz CT molecular complexity index is 1220. The van der Waals surface area contributed by atoms with Gasteiger partial charge in [-0.05, 0) is 83.0 Å². The van der Waals surface area contributed by atoms with E-state index in [-0.39, 0.29) is 31.0 Å². The number of amides is 2. The fourth-order valence-electron chi connectivity index (χ4n) is 4.69. The van der Waals surface area contributed by atoms with Crippen molar-refractivity contribution in [2.45, 2.75) is 57.2 Å². The van der Waals surface area contributed by atoms with Gasteiger partial charge in [-0.3, -0.25) is 9.59 Å². The quantitative estimate of drug-likeness (QED) is 0.236. The van der Waals surface area contributed by atoms with E-state index < -0.39 is 6.04 Å². The van der Waals surface area contributed by atoms with E-state index in [4.69, 9.17) is 27.9 Å². The van der Waals surface area contributed by atoms with Gasteiger partial charge in [0.15, 0.2) is 6.61 Å². The van der Waals surface area contributed by atoms with Gasteiger partial charge < -0.3 is 15.0 Å². The Morgan fingerprint density at radius 1 is 0.921 bits per heavy atom. The summed E-state index contributed by atoms with van der Waals surface area (Å²) < 4.78 is 6.91. The van der Waals surface area contributed by atoms with Crippen molar-refractivity contribution in [1.82, 2.24) is 10.2 Å². The molecular formula is C30H31Cl2IN2O3. The average molecular weight is 665 g/mol. The van der Waals surface area contributed by atoms with Crippen LogP contribution in [0.1, 0.15) is 43.2 Å². The van der Waals surface area contributed by atoms with Crippen LogP contribution in [-0.2, 0) is 22.6 Å². The molecule has 1 atom stereocenters. The molecule has 38 heavy (non-hydrogen) atoms. The average Bonchev–Trinajstić information content (AvgIpc) is 2.93. The van der Waals surface area contributed by atoms with Gasteiger partial charge >= 0.3 is 0 Å². The monoisotopic (exact) mass is 664 g/mol. The van der Waals surface area contributed by atoms with Crippen molar-refractivity contribution in [3.8, 4) is 5.75 Å². The summed E-state index contributed by atoms with van der Waals surface area (Å²) in [5.41, 5.74) is 1.76. The molecule has 2 amide bonds. The van der Waals surface area contributed by atoms with Crippen molar-refractivity contribution in [3.05, 3.63) is 97.5 Å². The van der Waals surface area contributed by atoms with Gasteiger partial charge in [0.1, 0.15) is 11.8 Å². The predicted octanol–water partition coefficient (Wildman–Crippen LogP) is 7.07. The van der Waals surface area contributed by atoms with E-state index in [1.54, 1.807) is 17.0 Å².